The molecule has 0 aliphatic carbocycles. The van der Waals surface area contributed by atoms with Gasteiger partial charge in [-0.25, -0.2) is 0 Å². The Morgan fingerprint density at radius 2 is 1.86 bits per heavy atom. The van der Waals surface area contributed by atoms with Crippen LogP contribution < -0.4 is 14.8 Å². The van der Waals surface area contributed by atoms with Crippen molar-refractivity contribution >= 4 is 17.5 Å². The number of halogens is 1. The third-order valence-corrected chi connectivity index (χ3v) is 3.32. The van der Waals surface area contributed by atoms with Crippen molar-refractivity contribution in [2.45, 2.75) is 13.2 Å². The molecule has 2 aromatic rings. The van der Waals surface area contributed by atoms with Gasteiger partial charge in [-0.3, -0.25) is 4.79 Å². The Hall–Kier alpha value is -2.20. The fourth-order valence-corrected chi connectivity index (χ4v) is 2.02. The van der Waals surface area contributed by atoms with E-state index >= 15 is 0 Å². The molecule has 0 bridgehead atoms. The van der Waals surface area contributed by atoms with Gasteiger partial charge in [-0.05, 0) is 23.3 Å². The number of rotatable bonds is 7. The zero-order valence-corrected chi connectivity index (χ0v) is 13.1. The highest BCUT2D eigenvalue weighted by atomic mass is 35.5. The van der Waals surface area contributed by atoms with Gasteiger partial charge >= 0.3 is 0 Å². The summed E-state index contributed by atoms with van der Waals surface area (Å²) in [6, 6.07) is 15.5. The highest BCUT2D eigenvalue weighted by Crippen LogP contribution is 2.28. The molecule has 0 heterocycles. The highest BCUT2D eigenvalue weighted by Gasteiger charge is 2.07. The van der Waals surface area contributed by atoms with E-state index in [0.29, 0.717) is 24.7 Å². The van der Waals surface area contributed by atoms with E-state index in [1.165, 1.54) is 0 Å². The van der Waals surface area contributed by atoms with Crippen LogP contribution >= 0.6 is 11.6 Å². The molecule has 0 aromatic heterocycles. The fraction of sp³-hybridized carbons (Fsp3) is 0.235. The van der Waals surface area contributed by atoms with Crippen LogP contribution in [0.5, 0.6) is 11.5 Å². The Bertz CT molecular complexity index is 617. The van der Waals surface area contributed by atoms with E-state index in [0.717, 1.165) is 11.1 Å². The SMILES string of the molecule is COc1cc(CNC(=O)CCl)ccc1OCc1ccccc1. The number of carbonyl (C=O) groups excluding carboxylic acids is 1. The van der Waals surface area contributed by atoms with Gasteiger partial charge < -0.3 is 14.8 Å². The van der Waals surface area contributed by atoms with Crippen molar-refractivity contribution in [3.63, 3.8) is 0 Å². The van der Waals surface area contributed by atoms with Gasteiger partial charge in [0.05, 0.1) is 7.11 Å². The lowest BCUT2D eigenvalue weighted by Gasteiger charge is -2.12. The van der Waals surface area contributed by atoms with Gasteiger partial charge in [-0.2, -0.15) is 0 Å². The zero-order valence-electron chi connectivity index (χ0n) is 12.3. The first kappa shape index (κ1) is 16.2. The summed E-state index contributed by atoms with van der Waals surface area (Å²) in [6.45, 7) is 0.875. The van der Waals surface area contributed by atoms with Crippen LogP contribution in [0.4, 0.5) is 0 Å². The summed E-state index contributed by atoms with van der Waals surface area (Å²) in [5.74, 6) is 1.05. The van der Waals surface area contributed by atoms with Crippen molar-refractivity contribution in [3.8, 4) is 11.5 Å². The second-order valence-electron chi connectivity index (χ2n) is 4.67. The standard InChI is InChI=1S/C17H18ClNO3/c1-21-16-9-14(11-19-17(20)10-18)7-8-15(16)22-12-13-5-3-2-4-6-13/h2-9H,10-12H2,1H3,(H,19,20). The maximum atomic E-state index is 11.2. The van der Waals surface area contributed by atoms with Crippen LogP contribution in [0.2, 0.25) is 0 Å². The van der Waals surface area contributed by atoms with E-state index in [-0.39, 0.29) is 11.8 Å². The van der Waals surface area contributed by atoms with Gasteiger partial charge in [-0.1, -0.05) is 36.4 Å². The quantitative estimate of drug-likeness (QED) is 0.798. The molecule has 0 saturated heterocycles. The Kier molecular flexibility index (Phi) is 6.10. The van der Waals surface area contributed by atoms with Crippen LogP contribution in [0.25, 0.3) is 0 Å². The van der Waals surface area contributed by atoms with Crippen LogP contribution in [0.15, 0.2) is 48.5 Å². The van der Waals surface area contributed by atoms with Gasteiger partial charge in [0.15, 0.2) is 11.5 Å². The van der Waals surface area contributed by atoms with E-state index in [9.17, 15) is 4.79 Å². The third-order valence-electron chi connectivity index (χ3n) is 3.08. The molecule has 0 aliphatic rings. The Morgan fingerprint density at radius 3 is 2.55 bits per heavy atom. The molecule has 0 saturated carbocycles. The van der Waals surface area contributed by atoms with Gasteiger partial charge in [0.2, 0.25) is 5.91 Å². The number of benzene rings is 2. The maximum Gasteiger partial charge on any atom is 0.235 e. The summed E-state index contributed by atoms with van der Waals surface area (Å²) in [6.07, 6.45) is 0. The van der Waals surface area contributed by atoms with Gasteiger partial charge in [-0.15, -0.1) is 11.6 Å². The molecule has 1 N–H and O–H groups in total. The second-order valence-corrected chi connectivity index (χ2v) is 4.94. The first-order chi connectivity index (χ1) is 10.7. The molecule has 116 valence electrons. The average Bonchev–Trinajstić information content (AvgIpc) is 2.58. The number of methoxy groups -OCH3 is 1. The van der Waals surface area contributed by atoms with Crippen molar-refractivity contribution in [2.75, 3.05) is 13.0 Å². The summed E-state index contributed by atoms with van der Waals surface area (Å²) >= 11 is 5.44. The Labute approximate surface area is 135 Å². The number of ether oxygens (including phenoxy) is 2. The molecule has 0 unspecified atom stereocenters. The Morgan fingerprint density at radius 1 is 1.09 bits per heavy atom. The fourth-order valence-electron chi connectivity index (χ4n) is 1.92. The lowest BCUT2D eigenvalue weighted by molar-refractivity contribution is -0.118. The van der Waals surface area contributed by atoms with Crippen LogP contribution in [-0.2, 0) is 17.9 Å². The summed E-state index contributed by atoms with van der Waals surface area (Å²) in [5.41, 5.74) is 2.00. The lowest BCUT2D eigenvalue weighted by atomic mass is 10.2. The van der Waals surface area contributed by atoms with E-state index in [2.05, 4.69) is 5.32 Å². The molecule has 0 aliphatic heterocycles. The van der Waals surface area contributed by atoms with Crippen molar-refractivity contribution in [1.29, 1.82) is 0 Å². The largest absolute Gasteiger partial charge is 0.493 e. The van der Waals surface area contributed by atoms with Crippen molar-refractivity contribution in [3.05, 3.63) is 59.7 Å². The monoisotopic (exact) mass is 319 g/mol. The van der Waals surface area contributed by atoms with Crippen molar-refractivity contribution < 1.29 is 14.3 Å². The maximum absolute atomic E-state index is 11.2. The predicted octanol–water partition coefficient (Wildman–Crippen LogP) is 3.13. The minimum absolute atomic E-state index is 0.0462. The normalized spacial score (nSPS) is 10.1. The molecule has 0 atom stereocenters. The van der Waals surface area contributed by atoms with Crippen LogP contribution in [0.1, 0.15) is 11.1 Å². The molecule has 2 aromatic carbocycles. The molecule has 0 spiro atoms. The van der Waals surface area contributed by atoms with E-state index in [1.54, 1.807) is 7.11 Å². The smallest absolute Gasteiger partial charge is 0.235 e. The summed E-state index contributed by atoms with van der Waals surface area (Å²) < 4.78 is 11.1. The number of hydrogen-bond donors (Lipinski definition) is 1. The van der Waals surface area contributed by atoms with Gasteiger partial charge in [0.25, 0.3) is 0 Å². The number of nitrogens with one attached hydrogen (secondary N) is 1. The summed E-state index contributed by atoms with van der Waals surface area (Å²) in [5, 5.41) is 2.71. The number of hydrogen-bond acceptors (Lipinski definition) is 3. The first-order valence-electron chi connectivity index (χ1n) is 6.89. The summed E-state index contributed by atoms with van der Waals surface area (Å²) in [7, 11) is 1.59. The molecule has 1 amide bonds. The number of alkyl halides is 1. The van der Waals surface area contributed by atoms with E-state index in [4.69, 9.17) is 21.1 Å². The van der Waals surface area contributed by atoms with Crippen LogP contribution in [-0.4, -0.2) is 18.9 Å². The third kappa shape index (κ3) is 4.67. The number of amides is 1. The van der Waals surface area contributed by atoms with Gasteiger partial charge in [0.1, 0.15) is 12.5 Å². The summed E-state index contributed by atoms with van der Waals surface area (Å²) in [4.78, 5) is 11.2. The minimum atomic E-state index is -0.204. The van der Waals surface area contributed by atoms with Crippen molar-refractivity contribution in [1.82, 2.24) is 5.32 Å². The molecule has 5 heteroatoms. The number of carbonyl (C=O) groups is 1. The topological polar surface area (TPSA) is 47.6 Å². The Balaban J connectivity index is 2.01. The molecule has 0 radical (unpaired) electrons. The molecule has 22 heavy (non-hydrogen) atoms. The second kappa shape index (κ2) is 8.29. The molecule has 0 fully saturated rings. The predicted molar refractivity (Wildman–Crippen MR) is 86.3 cm³/mol. The van der Waals surface area contributed by atoms with Gasteiger partial charge in [0, 0.05) is 6.54 Å². The molecular formula is C17H18ClNO3. The lowest BCUT2D eigenvalue weighted by Crippen LogP contribution is -2.23. The van der Waals surface area contributed by atoms with E-state index in [1.807, 2.05) is 48.5 Å². The molecular weight excluding hydrogens is 302 g/mol. The molecule has 4 nitrogen and oxygen atoms in total. The first-order valence-corrected chi connectivity index (χ1v) is 7.42. The van der Waals surface area contributed by atoms with Crippen LogP contribution in [0, 0.1) is 0 Å². The minimum Gasteiger partial charge on any atom is -0.493 e. The highest BCUT2D eigenvalue weighted by molar-refractivity contribution is 6.27. The average molecular weight is 320 g/mol. The van der Waals surface area contributed by atoms with Crippen LogP contribution in [0.3, 0.4) is 0 Å². The zero-order chi connectivity index (χ0) is 15.8. The van der Waals surface area contributed by atoms with E-state index < -0.39 is 0 Å². The van der Waals surface area contributed by atoms with Crippen molar-refractivity contribution in [2.24, 2.45) is 0 Å². The molecule has 2 rings (SSSR count).